The smallest absolute Gasteiger partial charge is 0.282 e. The summed E-state index contributed by atoms with van der Waals surface area (Å²) in [6.07, 6.45) is 4.22. The lowest BCUT2D eigenvalue weighted by atomic mass is 10.2. The van der Waals surface area contributed by atoms with E-state index in [4.69, 9.17) is 9.72 Å². The molecule has 180 valence electrons. The predicted molar refractivity (Wildman–Crippen MR) is 156 cm³/mol. The number of unbranched alkanes of at least 4 members (excludes halogenated alkanes) is 1. The number of hydrogen-bond acceptors (Lipinski definition) is 4. The number of nitrogens with zero attached hydrogens (tertiary/aromatic N) is 3. The molecule has 9 heteroatoms. The molecular weight excluding hydrogens is 706 g/mol. The van der Waals surface area contributed by atoms with Crippen LogP contribution in [0.5, 0.6) is 5.75 Å². The van der Waals surface area contributed by atoms with Gasteiger partial charge in [-0.2, -0.15) is 9.78 Å². The number of hydrogen-bond donors (Lipinski definition) is 0. The van der Waals surface area contributed by atoms with Crippen molar-refractivity contribution < 1.29 is 4.74 Å². The molecule has 1 aromatic heterocycles. The zero-order valence-corrected chi connectivity index (χ0v) is 25.1. The summed E-state index contributed by atoms with van der Waals surface area (Å²) < 4.78 is 11.2. The Balaban J connectivity index is 1.71. The van der Waals surface area contributed by atoms with Crippen molar-refractivity contribution in [2.45, 2.75) is 32.8 Å². The molecule has 0 unspecified atom stereocenters. The lowest BCUT2D eigenvalue weighted by molar-refractivity contribution is 0.305. The minimum absolute atomic E-state index is 0.199. The summed E-state index contributed by atoms with van der Waals surface area (Å²) in [6, 6.07) is 17.2. The summed E-state index contributed by atoms with van der Waals surface area (Å²) in [5.41, 5.74) is 2.23. The molecule has 0 spiro atoms. The third-order valence-corrected chi connectivity index (χ3v) is 7.53. The van der Waals surface area contributed by atoms with Crippen LogP contribution in [0.2, 0.25) is 0 Å². The number of rotatable bonds is 8. The van der Waals surface area contributed by atoms with Crippen molar-refractivity contribution >= 4 is 80.8 Å². The van der Waals surface area contributed by atoms with E-state index in [1.165, 1.54) is 4.68 Å². The molecule has 5 nitrogen and oxygen atoms in total. The van der Waals surface area contributed by atoms with Crippen molar-refractivity contribution in [1.82, 2.24) is 9.66 Å². The zero-order valence-electron chi connectivity index (χ0n) is 18.8. The maximum absolute atomic E-state index is 13.4. The Morgan fingerprint density at radius 3 is 2.46 bits per heavy atom. The van der Waals surface area contributed by atoms with Gasteiger partial charge in [0.25, 0.3) is 5.56 Å². The van der Waals surface area contributed by atoms with Gasteiger partial charge in [-0.3, -0.25) is 4.79 Å². The van der Waals surface area contributed by atoms with Gasteiger partial charge < -0.3 is 4.74 Å². The summed E-state index contributed by atoms with van der Waals surface area (Å²) >= 11 is 14.0. The van der Waals surface area contributed by atoms with Gasteiger partial charge in [-0.25, -0.2) is 4.98 Å². The maximum atomic E-state index is 13.4. The molecule has 0 aliphatic carbocycles. The molecule has 0 aliphatic rings. The van der Waals surface area contributed by atoms with Crippen LogP contribution in [0.4, 0.5) is 0 Å². The monoisotopic (exact) mass is 723 g/mol. The molecule has 4 aromatic rings. The molecule has 3 aromatic carbocycles. The summed E-state index contributed by atoms with van der Waals surface area (Å²) in [7, 11) is 0. The summed E-state index contributed by atoms with van der Waals surface area (Å²) in [5.74, 6) is 1.30. The van der Waals surface area contributed by atoms with Gasteiger partial charge >= 0.3 is 0 Å². The Hall–Kier alpha value is -1.81. The number of aromatic nitrogens is 2. The molecule has 0 radical (unpaired) electrons. The van der Waals surface area contributed by atoms with E-state index in [2.05, 4.69) is 75.7 Å². The number of ether oxygens (including phenoxy) is 1. The molecule has 0 aliphatic heterocycles. The Morgan fingerprint density at radius 2 is 1.69 bits per heavy atom. The molecule has 4 rings (SSSR count). The second-order valence-corrected chi connectivity index (χ2v) is 11.5. The summed E-state index contributed by atoms with van der Waals surface area (Å²) in [6.45, 7) is 2.49. The highest BCUT2D eigenvalue weighted by Gasteiger charge is 2.12. The van der Waals surface area contributed by atoms with Crippen molar-refractivity contribution in [2.24, 2.45) is 5.10 Å². The average molecular weight is 727 g/mol. The standard InChI is InChI=1S/C26H21Br4N3O2/c1-2-3-4-25-32-23-9-7-19(28)12-21(23)26(34)33(25)31-14-17-11-18(27)8-10-24(17)35-15-16-5-6-20(29)13-22(16)30/h5-14H,2-4,15H2,1H3. The lowest BCUT2D eigenvalue weighted by Gasteiger charge is -2.12. The van der Waals surface area contributed by atoms with Crippen molar-refractivity contribution in [3.63, 3.8) is 0 Å². The molecule has 0 saturated carbocycles. The van der Waals surface area contributed by atoms with Crippen LogP contribution in [0.15, 0.2) is 82.4 Å². The molecule has 0 atom stereocenters. The zero-order chi connectivity index (χ0) is 24.9. The van der Waals surface area contributed by atoms with Gasteiger partial charge in [0.2, 0.25) is 0 Å². The van der Waals surface area contributed by atoms with Crippen LogP contribution in [-0.2, 0) is 13.0 Å². The van der Waals surface area contributed by atoms with E-state index >= 15 is 0 Å². The average Bonchev–Trinajstić information content (AvgIpc) is 2.83. The van der Waals surface area contributed by atoms with Crippen molar-refractivity contribution in [2.75, 3.05) is 0 Å². The van der Waals surface area contributed by atoms with E-state index in [0.717, 1.165) is 41.9 Å². The second kappa shape index (κ2) is 12.0. The number of halogens is 4. The third-order valence-electron chi connectivity index (χ3n) is 5.31. The van der Waals surface area contributed by atoms with E-state index in [1.807, 2.05) is 48.5 Å². The Labute approximate surface area is 237 Å². The lowest BCUT2D eigenvalue weighted by Crippen LogP contribution is -2.22. The van der Waals surface area contributed by atoms with E-state index in [-0.39, 0.29) is 5.56 Å². The van der Waals surface area contributed by atoms with Crippen LogP contribution in [0, 0.1) is 0 Å². The fourth-order valence-electron chi connectivity index (χ4n) is 3.48. The highest BCUT2D eigenvalue weighted by molar-refractivity contribution is 9.11. The molecule has 0 fully saturated rings. The fraction of sp³-hybridized carbons (Fsp3) is 0.192. The van der Waals surface area contributed by atoms with Crippen LogP contribution in [0.3, 0.4) is 0 Å². The highest BCUT2D eigenvalue weighted by atomic mass is 79.9. The van der Waals surface area contributed by atoms with Crippen molar-refractivity contribution in [1.29, 1.82) is 0 Å². The molecular formula is C26H21Br4N3O2. The predicted octanol–water partition coefficient (Wildman–Crippen LogP) is 8.25. The first-order valence-electron chi connectivity index (χ1n) is 11.0. The van der Waals surface area contributed by atoms with Gasteiger partial charge in [0.05, 0.1) is 17.1 Å². The number of aryl methyl sites for hydroxylation is 1. The van der Waals surface area contributed by atoms with E-state index in [9.17, 15) is 4.79 Å². The quantitative estimate of drug-likeness (QED) is 0.172. The normalized spacial score (nSPS) is 11.5. The summed E-state index contributed by atoms with van der Waals surface area (Å²) in [4.78, 5) is 18.1. The minimum atomic E-state index is -0.199. The van der Waals surface area contributed by atoms with Gasteiger partial charge in [-0.1, -0.05) is 83.1 Å². The van der Waals surface area contributed by atoms with Gasteiger partial charge in [0.15, 0.2) is 0 Å². The van der Waals surface area contributed by atoms with Gasteiger partial charge in [-0.15, -0.1) is 0 Å². The molecule has 0 saturated heterocycles. The minimum Gasteiger partial charge on any atom is -0.488 e. The first kappa shape index (κ1) is 26.3. The van der Waals surface area contributed by atoms with Crippen molar-refractivity contribution in [3.05, 3.63) is 99.8 Å². The topological polar surface area (TPSA) is 56.5 Å². The van der Waals surface area contributed by atoms with Crippen LogP contribution in [-0.4, -0.2) is 15.9 Å². The van der Waals surface area contributed by atoms with E-state index in [1.54, 1.807) is 12.3 Å². The van der Waals surface area contributed by atoms with E-state index in [0.29, 0.717) is 35.5 Å². The van der Waals surface area contributed by atoms with E-state index < -0.39 is 0 Å². The molecule has 1 heterocycles. The van der Waals surface area contributed by atoms with Crippen LogP contribution >= 0.6 is 63.7 Å². The van der Waals surface area contributed by atoms with Crippen LogP contribution in [0.25, 0.3) is 10.9 Å². The van der Waals surface area contributed by atoms with Gasteiger partial charge in [-0.05, 0) is 55.0 Å². The Morgan fingerprint density at radius 1 is 0.971 bits per heavy atom. The first-order valence-corrected chi connectivity index (χ1v) is 14.1. The molecule has 35 heavy (non-hydrogen) atoms. The molecule has 0 bridgehead atoms. The summed E-state index contributed by atoms with van der Waals surface area (Å²) in [5, 5.41) is 5.10. The van der Waals surface area contributed by atoms with Gasteiger partial charge in [0.1, 0.15) is 18.2 Å². The number of benzene rings is 3. The molecule has 0 N–H and O–H groups in total. The Kier molecular flexibility index (Phi) is 8.97. The van der Waals surface area contributed by atoms with Gasteiger partial charge in [0, 0.05) is 35.4 Å². The second-order valence-electron chi connectivity index (χ2n) is 7.86. The highest BCUT2D eigenvalue weighted by Crippen LogP contribution is 2.26. The number of fused-ring (bicyclic) bond motifs is 1. The fourth-order valence-corrected chi connectivity index (χ4v) is 5.38. The third kappa shape index (κ3) is 6.50. The first-order chi connectivity index (χ1) is 16.9. The van der Waals surface area contributed by atoms with Crippen LogP contribution < -0.4 is 10.3 Å². The SMILES string of the molecule is CCCCc1nc2ccc(Br)cc2c(=O)n1N=Cc1cc(Br)ccc1OCc1ccc(Br)cc1Br. The van der Waals surface area contributed by atoms with Crippen molar-refractivity contribution in [3.8, 4) is 5.75 Å². The Bertz CT molecular complexity index is 1470. The van der Waals surface area contributed by atoms with Crippen LogP contribution in [0.1, 0.15) is 36.7 Å². The maximum Gasteiger partial charge on any atom is 0.282 e. The largest absolute Gasteiger partial charge is 0.488 e. The molecule has 0 amide bonds.